The molecule has 118 valence electrons. The van der Waals surface area contributed by atoms with Crippen LogP contribution in [0.5, 0.6) is 5.75 Å². The standard InChI is InChI=1S/C16H16INO3.CH4/c17-13-6-7-15(12(8-13)9-14(18)16(19)20)21-10-11-4-2-1-3-5-11;/h1-8,14H,9-10,18H2,(H,19,20);1H4/t14-;/m0./s1. The smallest absolute Gasteiger partial charge is 0.320 e. The molecular weight excluding hydrogens is 393 g/mol. The molecule has 22 heavy (non-hydrogen) atoms. The molecule has 0 bridgehead atoms. The van der Waals surface area contributed by atoms with E-state index >= 15 is 0 Å². The summed E-state index contributed by atoms with van der Waals surface area (Å²) in [6, 6.07) is 14.6. The lowest BCUT2D eigenvalue weighted by molar-refractivity contribution is -0.138. The SMILES string of the molecule is C.N[C@@H](Cc1cc(I)ccc1OCc1ccccc1)C(=O)O. The van der Waals surface area contributed by atoms with Gasteiger partial charge in [-0.3, -0.25) is 4.79 Å². The summed E-state index contributed by atoms with van der Waals surface area (Å²) in [5.74, 6) is -0.334. The Morgan fingerprint density at radius 1 is 1.23 bits per heavy atom. The molecule has 4 nitrogen and oxygen atoms in total. The zero-order chi connectivity index (χ0) is 15.2. The van der Waals surface area contributed by atoms with E-state index in [1.165, 1.54) is 0 Å². The molecule has 1 atom stereocenters. The largest absolute Gasteiger partial charge is 0.489 e. The summed E-state index contributed by atoms with van der Waals surface area (Å²) in [6.07, 6.45) is 0.246. The Morgan fingerprint density at radius 3 is 2.55 bits per heavy atom. The normalized spacial score (nSPS) is 11.4. The van der Waals surface area contributed by atoms with Gasteiger partial charge in [0.25, 0.3) is 0 Å². The molecule has 2 aromatic rings. The van der Waals surface area contributed by atoms with Crippen molar-refractivity contribution in [3.8, 4) is 5.75 Å². The molecule has 0 amide bonds. The highest BCUT2D eigenvalue weighted by molar-refractivity contribution is 14.1. The first-order valence-corrected chi connectivity index (χ1v) is 7.57. The lowest BCUT2D eigenvalue weighted by Crippen LogP contribution is -2.32. The van der Waals surface area contributed by atoms with Crippen LogP contribution in [-0.4, -0.2) is 17.1 Å². The minimum atomic E-state index is -1.01. The van der Waals surface area contributed by atoms with E-state index in [1.807, 2.05) is 48.5 Å². The molecule has 0 saturated carbocycles. The van der Waals surface area contributed by atoms with Crippen molar-refractivity contribution in [2.24, 2.45) is 5.73 Å². The number of benzene rings is 2. The van der Waals surface area contributed by atoms with Gasteiger partial charge in [-0.1, -0.05) is 37.8 Å². The Morgan fingerprint density at radius 2 is 1.91 bits per heavy atom. The van der Waals surface area contributed by atoms with Gasteiger partial charge in [-0.05, 0) is 51.9 Å². The molecule has 0 fully saturated rings. The minimum absolute atomic E-state index is 0. The Labute approximate surface area is 144 Å². The van der Waals surface area contributed by atoms with E-state index in [-0.39, 0.29) is 13.8 Å². The van der Waals surface area contributed by atoms with Crippen LogP contribution in [0.4, 0.5) is 0 Å². The molecule has 3 N–H and O–H groups in total. The summed E-state index contributed by atoms with van der Waals surface area (Å²) < 4.78 is 6.83. The van der Waals surface area contributed by atoms with E-state index in [9.17, 15) is 4.79 Å². The molecule has 0 saturated heterocycles. The Kier molecular flexibility index (Phi) is 7.34. The molecule has 0 unspecified atom stereocenters. The fraction of sp³-hybridized carbons (Fsp3) is 0.235. The van der Waals surface area contributed by atoms with Crippen LogP contribution < -0.4 is 10.5 Å². The molecule has 0 aliphatic rings. The number of hydrogen-bond acceptors (Lipinski definition) is 3. The fourth-order valence-corrected chi connectivity index (χ4v) is 2.46. The van der Waals surface area contributed by atoms with Crippen molar-refractivity contribution >= 4 is 28.6 Å². The summed E-state index contributed by atoms with van der Waals surface area (Å²) in [7, 11) is 0. The van der Waals surface area contributed by atoms with Crippen molar-refractivity contribution in [3.05, 3.63) is 63.2 Å². The van der Waals surface area contributed by atoms with E-state index in [1.54, 1.807) is 0 Å². The first-order valence-electron chi connectivity index (χ1n) is 6.50. The van der Waals surface area contributed by atoms with Crippen molar-refractivity contribution in [1.29, 1.82) is 0 Å². The van der Waals surface area contributed by atoms with Gasteiger partial charge < -0.3 is 15.6 Å². The highest BCUT2D eigenvalue weighted by Crippen LogP contribution is 2.23. The summed E-state index contributed by atoms with van der Waals surface area (Å²) in [5.41, 5.74) is 7.49. The number of carbonyl (C=O) groups is 1. The molecule has 0 aliphatic carbocycles. The van der Waals surface area contributed by atoms with Gasteiger partial charge in [-0.15, -0.1) is 0 Å². The van der Waals surface area contributed by atoms with Crippen molar-refractivity contribution < 1.29 is 14.6 Å². The van der Waals surface area contributed by atoms with Gasteiger partial charge in [0.05, 0.1) is 0 Å². The summed E-state index contributed by atoms with van der Waals surface area (Å²) in [6.45, 7) is 0.441. The average Bonchev–Trinajstić information content (AvgIpc) is 2.47. The quantitative estimate of drug-likeness (QED) is 0.712. The second kappa shape index (κ2) is 8.75. The highest BCUT2D eigenvalue weighted by atomic mass is 127. The lowest BCUT2D eigenvalue weighted by Gasteiger charge is -2.14. The van der Waals surface area contributed by atoms with E-state index < -0.39 is 12.0 Å². The molecule has 0 aromatic heterocycles. The minimum Gasteiger partial charge on any atom is -0.489 e. The van der Waals surface area contributed by atoms with Gasteiger partial charge in [0.15, 0.2) is 0 Å². The van der Waals surface area contributed by atoms with Crippen molar-refractivity contribution in [2.75, 3.05) is 0 Å². The molecule has 5 heteroatoms. The second-order valence-electron chi connectivity index (χ2n) is 4.68. The number of rotatable bonds is 6. The predicted molar refractivity (Wildman–Crippen MR) is 96.0 cm³/mol. The molecular formula is C17H20INO3. The van der Waals surface area contributed by atoms with Gasteiger partial charge in [0.2, 0.25) is 0 Å². The Balaban J connectivity index is 0.00000242. The second-order valence-corrected chi connectivity index (χ2v) is 5.92. The molecule has 0 spiro atoms. The number of carboxylic acids is 1. The van der Waals surface area contributed by atoms with Gasteiger partial charge >= 0.3 is 5.97 Å². The van der Waals surface area contributed by atoms with E-state index in [4.69, 9.17) is 15.6 Å². The van der Waals surface area contributed by atoms with E-state index in [2.05, 4.69) is 22.6 Å². The number of halogens is 1. The number of carboxylic acid groups (broad SMARTS) is 1. The highest BCUT2D eigenvalue weighted by Gasteiger charge is 2.15. The summed E-state index contributed by atoms with van der Waals surface area (Å²) >= 11 is 2.18. The summed E-state index contributed by atoms with van der Waals surface area (Å²) in [5, 5.41) is 8.94. The van der Waals surface area contributed by atoms with Crippen molar-refractivity contribution in [3.63, 3.8) is 0 Å². The zero-order valence-electron chi connectivity index (χ0n) is 11.3. The summed E-state index contributed by atoms with van der Waals surface area (Å²) in [4.78, 5) is 10.9. The van der Waals surface area contributed by atoms with Crippen LogP contribution in [0.15, 0.2) is 48.5 Å². The van der Waals surface area contributed by atoms with E-state index in [0.717, 1.165) is 14.7 Å². The third-order valence-corrected chi connectivity index (χ3v) is 3.69. The maximum absolute atomic E-state index is 10.9. The van der Waals surface area contributed by atoms with Gasteiger partial charge in [-0.2, -0.15) is 0 Å². The van der Waals surface area contributed by atoms with Crippen LogP contribution in [-0.2, 0) is 17.8 Å². The molecule has 0 radical (unpaired) electrons. The number of ether oxygens (including phenoxy) is 1. The lowest BCUT2D eigenvalue weighted by atomic mass is 10.1. The number of nitrogens with two attached hydrogens (primary N) is 1. The van der Waals surface area contributed by atoms with E-state index in [0.29, 0.717) is 12.4 Å². The van der Waals surface area contributed by atoms with Gasteiger partial charge in [-0.25, -0.2) is 0 Å². The Hall–Kier alpha value is -1.60. The third kappa shape index (κ3) is 5.31. The third-order valence-electron chi connectivity index (χ3n) is 3.02. The van der Waals surface area contributed by atoms with Crippen LogP contribution in [0.25, 0.3) is 0 Å². The fourth-order valence-electron chi connectivity index (χ4n) is 1.91. The topological polar surface area (TPSA) is 72.5 Å². The van der Waals surface area contributed by atoms with Crippen molar-refractivity contribution in [1.82, 2.24) is 0 Å². The van der Waals surface area contributed by atoms with Crippen LogP contribution in [0.2, 0.25) is 0 Å². The van der Waals surface area contributed by atoms with Crippen LogP contribution >= 0.6 is 22.6 Å². The monoisotopic (exact) mass is 413 g/mol. The number of hydrogen-bond donors (Lipinski definition) is 2. The number of aliphatic carboxylic acids is 1. The van der Waals surface area contributed by atoms with Gasteiger partial charge in [0, 0.05) is 9.99 Å². The predicted octanol–water partition coefficient (Wildman–Crippen LogP) is 3.46. The zero-order valence-corrected chi connectivity index (χ0v) is 13.5. The van der Waals surface area contributed by atoms with Crippen molar-refractivity contribution in [2.45, 2.75) is 26.5 Å². The maximum atomic E-state index is 10.9. The van der Waals surface area contributed by atoms with Crippen LogP contribution in [0.3, 0.4) is 0 Å². The average molecular weight is 413 g/mol. The van der Waals surface area contributed by atoms with Crippen LogP contribution in [0.1, 0.15) is 18.6 Å². The first-order chi connectivity index (χ1) is 10.1. The molecule has 2 aromatic carbocycles. The van der Waals surface area contributed by atoms with Gasteiger partial charge in [0.1, 0.15) is 18.4 Å². The maximum Gasteiger partial charge on any atom is 0.320 e. The Bertz CT molecular complexity index is 617. The first kappa shape index (κ1) is 18.4. The van der Waals surface area contributed by atoms with Crippen LogP contribution in [0, 0.1) is 3.57 Å². The molecule has 0 aliphatic heterocycles. The molecule has 2 rings (SSSR count). The molecule has 0 heterocycles.